The van der Waals surface area contributed by atoms with Crippen molar-refractivity contribution in [2.24, 2.45) is 5.92 Å². The van der Waals surface area contributed by atoms with Crippen molar-refractivity contribution in [3.63, 3.8) is 0 Å². The van der Waals surface area contributed by atoms with E-state index in [4.69, 9.17) is 5.73 Å². The zero-order chi connectivity index (χ0) is 17.7. The SMILES string of the molecule is Nc1nscc1C(=O)NC1C2CN3CCN(C2)CC1(c1ccccc1)C3. The molecule has 3 atom stereocenters. The van der Waals surface area contributed by atoms with Gasteiger partial charge in [-0.3, -0.25) is 4.79 Å². The highest BCUT2D eigenvalue weighted by molar-refractivity contribution is 7.04. The molecule has 6 rings (SSSR count). The molecule has 0 spiro atoms. The molecule has 7 heteroatoms. The molecular weight excluding hydrogens is 346 g/mol. The number of nitrogens with two attached hydrogens (primary N) is 1. The third-order valence-corrected chi connectivity index (χ3v) is 6.92. The molecule has 136 valence electrons. The second-order valence-electron chi connectivity index (χ2n) is 7.82. The number of carbonyl (C=O) groups excluding carboxylic acids is 1. The number of rotatable bonds is 3. The van der Waals surface area contributed by atoms with E-state index in [-0.39, 0.29) is 17.4 Å². The summed E-state index contributed by atoms with van der Waals surface area (Å²) >= 11 is 1.23. The van der Waals surface area contributed by atoms with Gasteiger partial charge in [-0.1, -0.05) is 30.3 Å². The van der Waals surface area contributed by atoms with Gasteiger partial charge in [0.2, 0.25) is 0 Å². The topological polar surface area (TPSA) is 74.5 Å². The Kier molecular flexibility index (Phi) is 3.77. The largest absolute Gasteiger partial charge is 0.382 e. The van der Waals surface area contributed by atoms with Crippen LogP contribution in [-0.2, 0) is 5.41 Å². The summed E-state index contributed by atoms with van der Waals surface area (Å²) in [6.45, 7) is 6.32. The van der Waals surface area contributed by atoms with Crippen molar-refractivity contribution in [2.45, 2.75) is 11.5 Å². The van der Waals surface area contributed by atoms with Gasteiger partial charge in [-0.2, -0.15) is 4.37 Å². The number of nitrogens with one attached hydrogen (secondary N) is 1. The number of amides is 1. The van der Waals surface area contributed by atoms with Crippen LogP contribution in [0.5, 0.6) is 0 Å². The quantitative estimate of drug-likeness (QED) is 0.845. The van der Waals surface area contributed by atoms with E-state index in [9.17, 15) is 4.79 Å². The van der Waals surface area contributed by atoms with Crippen molar-refractivity contribution in [3.8, 4) is 0 Å². The minimum Gasteiger partial charge on any atom is -0.382 e. The first kappa shape index (κ1) is 16.2. The molecule has 0 radical (unpaired) electrons. The predicted molar refractivity (Wildman–Crippen MR) is 102 cm³/mol. The fraction of sp³-hybridized carbons (Fsp3) is 0.474. The minimum absolute atomic E-state index is 0.0766. The number of hydrogen-bond acceptors (Lipinski definition) is 6. The van der Waals surface area contributed by atoms with Crippen LogP contribution in [0, 0.1) is 5.92 Å². The van der Waals surface area contributed by atoms with Crippen LogP contribution in [0.15, 0.2) is 35.7 Å². The Labute approximate surface area is 157 Å². The van der Waals surface area contributed by atoms with Crippen LogP contribution in [0.1, 0.15) is 15.9 Å². The maximum atomic E-state index is 12.9. The molecule has 1 amide bonds. The van der Waals surface area contributed by atoms with Crippen molar-refractivity contribution in [1.82, 2.24) is 19.5 Å². The number of nitrogen functional groups attached to an aromatic ring is 1. The van der Waals surface area contributed by atoms with Crippen LogP contribution in [0.2, 0.25) is 0 Å². The fourth-order valence-electron chi connectivity index (χ4n) is 5.20. The highest BCUT2D eigenvalue weighted by atomic mass is 32.1. The van der Waals surface area contributed by atoms with Gasteiger partial charge in [-0.15, -0.1) is 0 Å². The Morgan fingerprint density at radius 3 is 2.50 bits per heavy atom. The first-order valence-corrected chi connectivity index (χ1v) is 10.0. The van der Waals surface area contributed by atoms with Gasteiger partial charge in [0.15, 0.2) is 0 Å². The molecule has 4 bridgehead atoms. The van der Waals surface area contributed by atoms with Crippen LogP contribution in [-0.4, -0.2) is 65.4 Å². The van der Waals surface area contributed by atoms with Gasteiger partial charge in [-0.05, 0) is 17.1 Å². The second-order valence-corrected chi connectivity index (χ2v) is 8.45. The van der Waals surface area contributed by atoms with Crippen molar-refractivity contribution < 1.29 is 4.79 Å². The Hall–Kier alpha value is -1.96. The Bertz CT molecular complexity index is 806. The van der Waals surface area contributed by atoms with Gasteiger partial charge in [0, 0.05) is 62.0 Å². The number of aromatic nitrogens is 1. The van der Waals surface area contributed by atoms with E-state index >= 15 is 0 Å². The van der Waals surface area contributed by atoms with E-state index in [1.807, 2.05) is 0 Å². The van der Waals surface area contributed by atoms with Crippen LogP contribution in [0.25, 0.3) is 0 Å². The molecule has 2 aromatic rings. The highest BCUT2D eigenvalue weighted by Crippen LogP contribution is 2.43. The number of hydrogen-bond donors (Lipinski definition) is 2. The number of fused-ring (bicyclic) bond motifs is 1. The van der Waals surface area contributed by atoms with Crippen LogP contribution >= 0.6 is 11.5 Å². The highest BCUT2D eigenvalue weighted by Gasteiger charge is 2.55. The maximum absolute atomic E-state index is 12.9. The van der Waals surface area contributed by atoms with Gasteiger partial charge in [-0.25, -0.2) is 0 Å². The van der Waals surface area contributed by atoms with Crippen molar-refractivity contribution in [1.29, 1.82) is 0 Å². The van der Waals surface area contributed by atoms with E-state index in [0.717, 1.165) is 39.3 Å². The normalized spacial score (nSPS) is 35.2. The zero-order valence-corrected chi connectivity index (χ0v) is 15.4. The molecule has 4 aliphatic heterocycles. The molecule has 4 aliphatic rings. The minimum atomic E-state index is -0.0901. The number of carbonyl (C=O) groups is 1. The first-order valence-electron chi connectivity index (χ1n) is 9.17. The maximum Gasteiger partial charge on any atom is 0.256 e. The number of piperidine rings is 2. The zero-order valence-electron chi connectivity index (χ0n) is 14.6. The van der Waals surface area contributed by atoms with Crippen LogP contribution < -0.4 is 11.1 Å². The molecule has 0 aliphatic carbocycles. The summed E-state index contributed by atoms with van der Waals surface area (Å²) in [7, 11) is 0. The Balaban J connectivity index is 1.54. The standard InChI is InChI=1S/C19H23N5OS/c20-17-15(10-26-22-17)18(25)21-16-13-8-23-6-7-24(9-13)12-19(16,11-23)14-4-2-1-3-5-14/h1-5,10,13,16H,6-9,11-12H2,(H2,20,22)(H,21,25). The van der Waals surface area contributed by atoms with E-state index in [1.165, 1.54) is 17.1 Å². The Morgan fingerprint density at radius 1 is 1.19 bits per heavy atom. The van der Waals surface area contributed by atoms with Crippen molar-refractivity contribution in [3.05, 3.63) is 46.8 Å². The molecule has 4 fully saturated rings. The third-order valence-electron chi connectivity index (χ3n) is 6.27. The smallest absolute Gasteiger partial charge is 0.256 e. The summed E-state index contributed by atoms with van der Waals surface area (Å²) in [4.78, 5) is 18.1. The monoisotopic (exact) mass is 369 g/mol. The van der Waals surface area contributed by atoms with Crippen LogP contribution in [0.3, 0.4) is 0 Å². The fourth-order valence-corrected chi connectivity index (χ4v) is 5.80. The first-order chi connectivity index (χ1) is 12.7. The summed E-state index contributed by atoms with van der Waals surface area (Å²) in [5.74, 6) is 0.666. The number of anilines is 1. The van der Waals surface area contributed by atoms with E-state index < -0.39 is 0 Å². The summed E-state index contributed by atoms with van der Waals surface area (Å²) < 4.78 is 4.05. The average molecular weight is 369 g/mol. The summed E-state index contributed by atoms with van der Waals surface area (Å²) in [6.07, 6.45) is 0. The molecule has 0 saturated carbocycles. The lowest BCUT2D eigenvalue weighted by atomic mass is 9.64. The lowest BCUT2D eigenvalue weighted by Gasteiger charge is -2.55. The molecule has 6 nitrogen and oxygen atoms in total. The lowest BCUT2D eigenvalue weighted by Crippen LogP contribution is -2.70. The van der Waals surface area contributed by atoms with Gasteiger partial charge in [0.05, 0.1) is 5.56 Å². The van der Waals surface area contributed by atoms with Crippen molar-refractivity contribution in [2.75, 3.05) is 45.0 Å². The van der Waals surface area contributed by atoms with Gasteiger partial charge in [0.25, 0.3) is 5.91 Å². The molecule has 26 heavy (non-hydrogen) atoms. The molecule has 3 N–H and O–H groups in total. The molecule has 1 aromatic carbocycles. The summed E-state index contributed by atoms with van der Waals surface area (Å²) in [5.41, 5.74) is 7.63. The third kappa shape index (κ3) is 2.46. The summed E-state index contributed by atoms with van der Waals surface area (Å²) in [5, 5.41) is 5.11. The van der Waals surface area contributed by atoms with Crippen LogP contribution in [0.4, 0.5) is 5.82 Å². The van der Waals surface area contributed by atoms with Crippen molar-refractivity contribution >= 4 is 23.3 Å². The molecule has 1 aromatic heterocycles. The molecule has 4 saturated heterocycles. The Morgan fingerprint density at radius 2 is 1.88 bits per heavy atom. The lowest BCUT2D eigenvalue weighted by molar-refractivity contribution is 0.0181. The molecule has 5 heterocycles. The van der Waals surface area contributed by atoms with Gasteiger partial charge >= 0.3 is 0 Å². The predicted octanol–water partition coefficient (Wildman–Crippen LogP) is 1.02. The second kappa shape index (κ2) is 6.04. The molecule has 3 unspecified atom stereocenters. The number of nitrogens with zero attached hydrogens (tertiary/aromatic N) is 3. The van der Waals surface area contributed by atoms with E-state index in [0.29, 0.717) is 17.3 Å². The average Bonchev–Trinajstić information content (AvgIpc) is 2.92. The van der Waals surface area contributed by atoms with Gasteiger partial charge < -0.3 is 20.9 Å². The summed E-state index contributed by atoms with van der Waals surface area (Å²) in [6, 6.07) is 10.8. The van der Waals surface area contributed by atoms with E-state index in [1.54, 1.807) is 5.38 Å². The van der Waals surface area contributed by atoms with E-state index in [2.05, 4.69) is 49.8 Å². The number of benzene rings is 1. The molecular formula is C19H23N5OS. The van der Waals surface area contributed by atoms with Gasteiger partial charge in [0.1, 0.15) is 5.82 Å².